The fourth-order valence-electron chi connectivity index (χ4n) is 9.36. The number of aromatic amines is 1. The van der Waals surface area contributed by atoms with Gasteiger partial charge in [0.25, 0.3) is 0 Å². The van der Waals surface area contributed by atoms with E-state index in [0.29, 0.717) is 61.5 Å². The van der Waals surface area contributed by atoms with Gasteiger partial charge in [-0.2, -0.15) is 0 Å². The molecule has 0 aromatic carbocycles. The quantitative estimate of drug-likeness (QED) is 0.0446. The first kappa shape index (κ1) is 42.2. The summed E-state index contributed by atoms with van der Waals surface area (Å²) in [6.07, 6.45) is 20.6. The molecule has 1 aliphatic heterocycles. The Kier molecular flexibility index (Phi) is 16.4. The zero-order chi connectivity index (χ0) is 37.8. The number of dihydropyridines is 1. The summed E-state index contributed by atoms with van der Waals surface area (Å²) in [5.41, 5.74) is 7.70. The Hall–Kier alpha value is -2.59. The molecule has 52 heavy (non-hydrogen) atoms. The van der Waals surface area contributed by atoms with Crippen LogP contribution < -0.4 is 11.1 Å². The van der Waals surface area contributed by atoms with Gasteiger partial charge in [-0.1, -0.05) is 84.4 Å². The van der Waals surface area contributed by atoms with E-state index in [1.165, 1.54) is 19.3 Å². The molecule has 0 saturated heterocycles. The van der Waals surface area contributed by atoms with Gasteiger partial charge in [0.05, 0.1) is 35.7 Å². The van der Waals surface area contributed by atoms with Crippen LogP contribution in [0.3, 0.4) is 0 Å². The van der Waals surface area contributed by atoms with Gasteiger partial charge in [-0.3, -0.25) is 4.79 Å². The van der Waals surface area contributed by atoms with Crippen molar-refractivity contribution >= 4 is 5.97 Å². The number of H-pyrrole nitrogens is 1. The molecule has 1 aromatic rings. The van der Waals surface area contributed by atoms with E-state index < -0.39 is 35.6 Å². The molecule has 0 spiro atoms. The molecule has 9 N–H and O–H groups in total. The number of carbonyl (C=O) groups is 1. The lowest BCUT2D eigenvalue weighted by atomic mass is 9.79. The second-order valence-corrected chi connectivity index (χ2v) is 17.1. The lowest BCUT2D eigenvalue weighted by Crippen LogP contribution is -2.39. The highest BCUT2D eigenvalue weighted by Crippen LogP contribution is 2.50. The molecule has 3 aliphatic rings. The predicted molar refractivity (Wildman–Crippen MR) is 208 cm³/mol. The molecule has 0 bridgehead atoms. The summed E-state index contributed by atoms with van der Waals surface area (Å²) >= 11 is 0. The molecule has 9 nitrogen and oxygen atoms in total. The van der Waals surface area contributed by atoms with Crippen molar-refractivity contribution < 1.29 is 30.3 Å². The number of aromatic nitrogens is 1. The number of aliphatic hydroxyl groups is 4. The van der Waals surface area contributed by atoms with E-state index in [1.807, 2.05) is 18.3 Å². The number of carboxylic acid groups (broad SMARTS) is 1. The molecule has 0 radical (unpaired) electrons. The summed E-state index contributed by atoms with van der Waals surface area (Å²) < 4.78 is 0. The van der Waals surface area contributed by atoms with Crippen LogP contribution in [-0.4, -0.2) is 60.8 Å². The summed E-state index contributed by atoms with van der Waals surface area (Å²) in [5, 5.41) is 59.2. The molecule has 2 heterocycles. The van der Waals surface area contributed by atoms with Crippen LogP contribution in [0, 0.1) is 35.5 Å². The number of rotatable bonds is 22. The number of nitrogens with one attached hydrogen (secondary N) is 2. The van der Waals surface area contributed by atoms with E-state index in [1.54, 1.807) is 0 Å². The van der Waals surface area contributed by atoms with Gasteiger partial charge in [-0.25, -0.2) is 0 Å². The third-order valence-electron chi connectivity index (χ3n) is 12.3. The fourth-order valence-corrected chi connectivity index (χ4v) is 9.36. The van der Waals surface area contributed by atoms with Gasteiger partial charge in [0.1, 0.15) is 0 Å². The molecule has 1 saturated carbocycles. The SMILES string of the molecule is CCCCC[C@@H]1C=C[C@@H](CCCCC[C@H](C(=O)O)[C@H](O)CC[C@]2(O)C[C@H](CC3=CCNC(N)=C3)C[C@H]2[C@H](O)c2cc([C@H](C)CC(C)C)c[nH]2)[C@H](O)C1. The third-order valence-corrected chi connectivity index (χ3v) is 12.3. The van der Waals surface area contributed by atoms with Crippen molar-refractivity contribution in [3.8, 4) is 0 Å². The van der Waals surface area contributed by atoms with Gasteiger partial charge in [-0.15, -0.1) is 0 Å². The maximum atomic E-state index is 12.3. The Morgan fingerprint density at radius 2 is 1.81 bits per heavy atom. The van der Waals surface area contributed by atoms with Crippen LogP contribution in [0.2, 0.25) is 0 Å². The van der Waals surface area contributed by atoms with Gasteiger partial charge in [0.2, 0.25) is 0 Å². The topological polar surface area (TPSA) is 172 Å². The number of hydrogen-bond acceptors (Lipinski definition) is 7. The first-order chi connectivity index (χ1) is 24.8. The maximum Gasteiger partial charge on any atom is 0.309 e. The third kappa shape index (κ3) is 12.2. The number of aliphatic carboxylic acids is 1. The number of aliphatic hydroxyl groups excluding tert-OH is 3. The first-order valence-corrected chi connectivity index (χ1v) is 20.6. The first-order valence-electron chi connectivity index (χ1n) is 20.6. The van der Waals surface area contributed by atoms with Gasteiger partial charge in [0.15, 0.2) is 0 Å². The van der Waals surface area contributed by atoms with Crippen LogP contribution in [0.5, 0.6) is 0 Å². The second-order valence-electron chi connectivity index (χ2n) is 17.1. The molecule has 9 heteroatoms. The Labute approximate surface area is 313 Å². The van der Waals surface area contributed by atoms with E-state index in [9.17, 15) is 30.3 Å². The molecule has 0 unspecified atom stereocenters. The minimum absolute atomic E-state index is 0.101. The summed E-state index contributed by atoms with van der Waals surface area (Å²) in [7, 11) is 0. The normalized spacial score (nSPS) is 28.6. The number of nitrogens with two attached hydrogens (primary N) is 1. The van der Waals surface area contributed by atoms with Crippen LogP contribution in [0.4, 0.5) is 0 Å². The fraction of sp³-hybridized carbons (Fsp3) is 0.744. The maximum absolute atomic E-state index is 12.3. The Balaban J connectivity index is 1.34. The zero-order valence-corrected chi connectivity index (χ0v) is 32.5. The number of carboxylic acids is 1. The summed E-state index contributed by atoms with van der Waals surface area (Å²) in [6.45, 7) is 9.46. The van der Waals surface area contributed by atoms with Crippen molar-refractivity contribution in [1.82, 2.24) is 10.3 Å². The predicted octanol–water partition coefficient (Wildman–Crippen LogP) is 7.60. The van der Waals surface area contributed by atoms with Crippen molar-refractivity contribution in [1.29, 1.82) is 0 Å². The number of hydrogen-bond donors (Lipinski definition) is 8. The van der Waals surface area contributed by atoms with Crippen molar-refractivity contribution in [3.05, 3.63) is 59.2 Å². The summed E-state index contributed by atoms with van der Waals surface area (Å²) in [4.78, 5) is 15.6. The van der Waals surface area contributed by atoms with Crippen molar-refractivity contribution in [2.75, 3.05) is 6.54 Å². The summed E-state index contributed by atoms with van der Waals surface area (Å²) in [5.74, 6) is -0.181. The lowest BCUT2D eigenvalue weighted by Gasteiger charge is -2.34. The monoisotopic (exact) mass is 726 g/mol. The summed E-state index contributed by atoms with van der Waals surface area (Å²) in [6, 6.07) is 2.02. The van der Waals surface area contributed by atoms with E-state index in [-0.39, 0.29) is 30.8 Å². The molecular formula is C43H71N3O6. The van der Waals surface area contributed by atoms with Crippen molar-refractivity contribution in [2.45, 2.75) is 160 Å². The molecule has 0 amide bonds. The van der Waals surface area contributed by atoms with Gasteiger partial charge in [0, 0.05) is 30.3 Å². The van der Waals surface area contributed by atoms with Gasteiger partial charge < -0.3 is 41.6 Å². The number of allylic oxidation sites excluding steroid dienone is 3. The van der Waals surface area contributed by atoms with Crippen molar-refractivity contribution in [3.63, 3.8) is 0 Å². The van der Waals surface area contributed by atoms with Gasteiger partial charge >= 0.3 is 5.97 Å². The van der Waals surface area contributed by atoms with E-state index >= 15 is 0 Å². The molecule has 1 fully saturated rings. The van der Waals surface area contributed by atoms with Crippen LogP contribution in [0.15, 0.2) is 48.0 Å². The van der Waals surface area contributed by atoms with Crippen molar-refractivity contribution in [2.24, 2.45) is 41.2 Å². The highest BCUT2D eigenvalue weighted by Gasteiger charge is 2.50. The lowest BCUT2D eigenvalue weighted by molar-refractivity contribution is -0.147. The second kappa shape index (κ2) is 20.2. The largest absolute Gasteiger partial charge is 0.481 e. The van der Waals surface area contributed by atoms with Gasteiger partial charge in [-0.05, 0) is 111 Å². The number of unbranched alkanes of at least 4 members (excludes halogenated alkanes) is 4. The van der Waals surface area contributed by atoms with E-state index in [4.69, 9.17) is 5.73 Å². The molecular weight excluding hydrogens is 654 g/mol. The highest BCUT2D eigenvalue weighted by atomic mass is 16.4. The smallest absolute Gasteiger partial charge is 0.309 e. The average Bonchev–Trinajstić information content (AvgIpc) is 3.71. The highest BCUT2D eigenvalue weighted by molar-refractivity contribution is 5.70. The Morgan fingerprint density at radius 3 is 2.50 bits per heavy atom. The minimum Gasteiger partial charge on any atom is -0.481 e. The zero-order valence-electron chi connectivity index (χ0n) is 32.5. The van der Waals surface area contributed by atoms with E-state index in [2.05, 4.69) is 56.2 Å². The van der Waals surface area contributed by atoms with Crippen LogP contribution in [0.1, 0.15) is 154 Å². The standard InChI is InChI=1S/C43H71N3O6/c1-5-6-8-11-30-14-15-33(39(48)23-30)12-9-7-10-13-35(42(50)51)38(47)16-18-43(52)26-32(21-31-17-19-45-40(44)24-31)22-36(43)41(49)37-25-34(27-46-37)29(4)20-28(2)3/h14-15,17,24-25,27-30,32-33,35-36,38-39,41,45-49,52H,5-13,16,18-23,26,44H2,1-4H3,(H,50,51)/t29-,30-,32-,33-,35+,36+,38-,39-,41+,43+/m1/s1. The molecule has 10 atom stereocenters. The average molecular weight is 726 g/mol. The van der Waals surface area contributed by atoms with Crippen LogP contribution in [-0.2, 0) is 4.79 Å². The molecule has 1 aromatic heterocycles. The van der Waals surface area contributed by atoms with Crippen LogP contribution >= 0.6 is 0 Å². The Morgan fingerprint density at radius 1 is 1.04 bits per heavy atom. The molecule has 4 rings (SSSR count). The Bertz CT molecular complexity index is 1340. The molecule has 2 aliphatic carbocycles. The minimum atomic E-state index is -1.27. The van der Waals surface area contributed by atoms with Crippen LogP contribution in [0.25, 0.3) is 0 Å². The van der Waals surface area contributed by atoms with E-state index in [0.717, 1.165) is 56.1 Å². The molecule has 294 valence electrons.